The van der Waals surface area contributed by atoms with Crippen LogP contribution in [-0.4, -0.2) is 31.6 Å². The van der Waals surface area contributed by atoms with E-state index >= 15 is 0 Å². The minimum Gasteiger partial charge on any atom is -0.295 e. The third kappa shape index (κ3) is 3.35. The van der Waals surface area contributed by atoms with Crippen LogP contribution in [0.15, 0.2) is 52.5 Å². The molecule has 0 unspecified atom stereocenters. The van der Waals surface area contributed by atoms with Gasteiger partial charge in [-0.3, -0.25) is 4.79 Å². The van der Waals surface area contributed by atoms with Crippen LogP contribution in [0.1, 0.15) is 32.3 Å². The van der Waals surface area contributed by atoms with Crippen molar-refractivity contribution in [1.29, 1.82) is 0 Å². The number of nitrogens with zero attached hydrogens (tertiary/aromatic N) is 1. The number of benzene rings is 1. The van der Waals surface area contributed by atoms with Crippen molar-refractivity contribution in [2.75, 3.05) is 13.1 Å². The second-order valence-electron chi connectivity index (χ2n) is 7.36. The molecule has 1 fully saturated rings. The van der Waals surface area contributed by atoms with Gasteiger partial charge in [-0.15, -0.1) is 0 Å². The predicted molar refractivity (Wildman–Crippen MR) is 98.7 cm³/mol. The molecule has 0 radical (unpaired) electrons. The standard InChI is InChI=1S/C20H25NO3S/c1-13-5-7-18(8-6-13)25(23,24)21-11-17-10-19(16(4)22)14(2)9-15(3)20(17)12-21/h5-8,17,20H,3,9-12H2,1-2,4H3/t17-,20-/m1/s1. The Labute approximate surface area is 150 Å². The number of allylic oxidation sites excluding steroid dienone is 2. The number of Topliss-reactive ketones (excluding diaryl/α,β-unsaturated/α-hetero) is 1. The summed E-state index contributed by atoms with van der Waals surface area (Å²) in [7, 11) is -3.51. The first-order valence-electron chi connectivity index (χ1n) is 8.64. The minimum absolute atomic E-state index is 0.0887. The summed E-state index contributed by atoms with van der Waals surface area (Å²) >= 11 is 0. The number of aryl methyl sites for hydroxylation is 1. The normalized spacial score (nSPS) is 25.0. The quantitative estimate of drug-likeness (QED) is 0.776. The Hall–Kier alpha value is -1.72. The maximum Gasteiger partial charge on any atom is 0.243 e. The minimum atomic E-state index is -3.51. The fourth-order valence-corrected chi connectivity index (χ4v) is 5.54. The molecule has 1 aromatic carbocycles. The summed E-state index contributed by atoms with van der Waals surface area (Å²) < 4.78 is 27.5. The molecule has 2 atom stereocenters. The van der Waals surface area contributed by atoms with Crippen LogP contribution in [0.4, 0.5) is 0 Å². The summed E-state index contributed by atoms with van der Waals surface area (Å²) in [5.41, 5.74) is 4.01. The summed E-state index contributed by atoms with van der Waals surface area (Å²) in [6.07, 6.45) is 1.33. The Balaban J connectivity index is 1.89. The lowest BCUT2D eigenvalue weighted by molar-refractivity contribution is -0.113. The molecule has 0 bridgehead atoms. The molecule has 25 heavy (non-hydrogen) atoms. The van der Waals surface area contributed by atoms with Crippen molar-refractivity contribution in [3.63, 3.8) is 0 Å². The summed E-state index contributed by atoms with van der Waals surface area (Å²) in [4.78, 5) is 12.3. The number of ketones is 1. The lowest BCUT2D eigenvalue weighted by Gasteiger charge is -2.18. The van der Waals surface area contributed by atoms with E-state index in [0.717, 1.165) is 22.3 Å². The highest BCUT2D eigenvalue weighted by Crippen LogP contribution is 2.41. The highest BCUT2D eigenvalue weighted by Gasteiger charge is 2.42. The molecule has 0 amide bonds. The van der Waals surface area contributed by atoms with E-state index in [0.29, 0.717) is 30.8 Å². The van der Waals surface area contributed by atoms with Gasteiger partial charge in [-0.05, 0) is 63.2 Å². The van der Waals surface area contributed by atoms with Crippen molar-refractivity contribution in [3.8, 4) is 0 Å². The van der Waals surface area contributed by atoms with Gasteiger partial charge in [0.15, 0.2) is 5.78 Å². The molecular weight excluding hydrogens is 334 g/mol. The molecule has 1 heterocycles. The third-order valence-electron chi connectivity index (χ3n) is 5.49. The van der Waals surface area contributed by atoms with Crippen LogP contribution in [0, 0.1) is 18.8 Å². The van der Waals surface area contributed by atoms with Gasteiger partial charge in [0.25, 0.3) is 0 Å². The van der Waals surface area contributed by atoms with Crippen molar-refractivity contribution in [1.82, 2.24) is 4.31 Å². The first-order valence-corrected chi connectivity index (χ1v) is 10.1. The Bertz CT molecular complexity index is 849. The van der Waals surface area contributed by atoms with Crippen molar-refractivity contribution in [2.45, 2.75) is 38.5 Å². The molecule has 1 aliphatic carbocycles. The molecule has 0 spiro atoms. The summed E-state index contributed by atoms with van der Waals surface area (Å²) in [6, 6.07) is 6.97. The largest absolute Gasteiger partial charge is 0.295 e. The third-order valence-corrected chi connectivity index (χ3v) is 7.34. The molecule has 1 aromatic rings. The fraction of sp³-hybridized carbons (Fsp3) is 0.450. The van der Waals surface area contributed by atoms with Gasteiger partial charge >= 0.3 is 0 Å². The number of carbonyl (C=O) groups is 1. The van der Waals surface area contributed by atoms with E-state index in [4.69, 9.17) is 0 Å². The smallest absolute Gasteiger partial charge is 0.243 e. The predicted octanol–water partition coefficient (Wildman–Crippen LogP) is 3.49. The number of carbonyl (C=O) groups excluding carboxylic acids is 1. The number of rotatable bonds is 3. The van der Waals surface area contributed by atoms with Crippen LogP contribution >= 0.6 is 0 Å². The first-order chi connectivity index (χ1) is 11.7. The van der Waals surface area contributed by atoms with Gasteiger partial charge < -0.3 is 0 Å². The molecule has 4 nitrogen and oxygen atoms in total. The van der Waals surface area contributed by atoms with E-state index in [-0.39, 0.29) is 17.6 Å². The topological polar surface area (TPSA) is 54.5 Å². The van der Waals surface area contributed by atoms with Crippen LogP contribution in [0.2, 0.25) is 0 Å². The first kappa shape index (κ1) is 18.1. The molecule has 1 aliphatic heterocycles. The van der Waals surface area contributed by atoms with Gasteiger partial charge in [-0.2, -0.15) is 4.31 Å². The van der Waals surface area contributed by atoms with E-state index in [1.54, 1.807) is 23.4 Å². The van der Waals surface area contributed by atoms with Gasteiger partial charge in [0, 0.05) is 13.1 Å². The Morgan fingerprint density at radius 2 is 1.80 bits per heavy atom. The molecule has 5 heteroatoms. The summed E-state index contributed by atoms with van der Waals surface area (Å²) in [6.45, 7) is 10.6. The number of hydrogen-bond donors (Lipinski definition) is 0. The van der Waals surface area contributed by atoms with E-state index in [1.165, 1.54) is 0 Å². The van der Waals surface area contributed by atoms with Crippen LogP contribution in [0.5, 0.6) is 0 Å². The van der Waals surface area contributed by atoms with E-state index < -0.39 is 10.0 Å². The number of hydrogen-bond acceptors (Lipinski definition) is 3. The monoisotopic (exact) mass is 359 g/mol. The SMILES string of the molecule is C=C1CC(C)=C(C(C)=O)C[C@@H]2CN(S(=O)(=O)c3ccc(C)cc3)C[C@H]12. The maximum atomic E-state index is 13.0. The van der Waals surface area contributed by atoms with Crippen molar-refractivity contribution in [3.05, 3.63) is 53.1 Å². The van der Waals surface area contributed by atoms with Crippen LogP contribution in [-0.2, 0) is 14.8 Å². The second-order valence-corrected chi connectivity index (χ2v) is 9.29. The summed E-state index contributed by atoms with van der Waals surface area (Å²) in [5, 5.41) is 0. The Kier molecular flexibility index (Phi) is 4.73. The molecule has 3 rings (SSSR count). The van der Waals surface area contributed by atoms with E-state index in [9.17, 15) is 13.2 Å². The van der Waals surface area contributed by atoms with Crippen LogP contribution in [0.3, 0.4) is 0 Å². The van der Waals surface area contributed by atoms with Gasteiger partial charge in [-0.1, -0.05) is 35.4 Å². The molecule has 134 valence electrons. The van der Waals surface area contributed by atoms with Gasteiger partial charge in [0.2, 0.25) is 10.0 Å². The zero-order valence-electron chi connectivity index (χ0n) is 15.1. The van der Waals surface area contributed by atoms with Crippen molar-refractivity contribution in [2.24, 2.45) is 11.8 Å². The molecule has 0 saturated carbocycles. The molecule has 0 N–H and O–H groups in total. The maximum absolute atomic E-state index is 13.0. The summed E-state index contributed by atoms with van der Waals surface area (Å²) in [5.74, 6) is 0.335. The van der Waals surface area contributed by atoms with Crippen molar-refractivity contribution >= 4 is 15.8 Å². The van der Waals surface area contributed by atoms with Crippen LogP contribution < -0.4 is 0 Å². The fourth-order valence-electron chi connectivity index (χ4n) is 4.02. The van der Waals surface area contributed by atoms with Gasteiger partial charge in [-0.25, -0.2) is 8.42 Å². The van der Waals surface area contributed by atoms with E-state index in [1.807, 2.05) is 26.0 Å². The molecule has 0 aromatic heterocycles. The van der Waals surface area contributed by atoms with Gasteiger partial charge in [0.1, 0.15) is 0 Å². The van der Waals surface area contributed by atoms with E-state index in [2.05, 4.69) is 6.58 Å². The highest BCUT2D eigenvalue weighted by molar-refractivity contribution is 7.89. The van der Waals surface area contributed by atoms with Crippen molar-refractivity contribution < 1.29 is 13.2 Å². The van der Waals surface area contributed by atoms with Gasteiger partial charge in [0.05, 0.1) is 4.90 Å². The number of sulfonamides is 1. The Morgan fingerprint density at radius 1 is 1.16 bits per heavy atom. The van der Waals surface area contributed by atoms with Crippen LogP contribution in [0.25, 0.3) is 0 Å². The Morgan fingerprint density at radius 3 is 2.40 bits per heavy atom. The second kappa shape index (κ2) is 6.54. The molecule has 2 aliphatic rings. The lowest BCUT2D eigenvalue weighted by atomic mass is 9.87. The highest BCUT2D eigenvalue weighted by atomic mass is 32.2. The zero-order chi connectivity index (χ0) is 18.4. The average Bonchev–Trinajstić information content (AvgIpc) is 2.92. The average molecular weight is 359 g/mol. The zero-order valence-corrected chi connectivity index (χ0v) is 15.9. The molecule has 1 saturated heterocycles. The number of fused-ring (bicyclic) bond motifs is 1. The molecular formula is C20H25NO3S. The lowest BCUT2D eigenvalue weighted by Crippen LogP contribution is -2.29.